The molecular weight excluding hydrogens is 301 g/mol. The Morgan fingerprint density at radius 3 is 2.85 bits per heavy atom. The van der Waals surface area contributed by atoms with Crippen molar-refractivity contribution in [1.29, 1.82) is 0 Å². The molecule has 0 heterocycles. The van der Waals surface area contributed by atoms with Crippen molar-refractivity contribution in [3.05, 3.63) is 28.2 Å². The van der Waals surface area contributed by atoms with Gasteiger partial charge in [-0.05, 0) is 25.0 Å². The lowest BCUT2D eigenvalue weighted by atomic mass is 9.89. The molecule has 1 unspecified atom stereocenters. The van der Waals surface area contributed by atoms with Crippen LogP contribution in [0.1, 0.15) is 12.8 Å². The van der Waals surface area contributed by atoms with E-state index in [4.69, 9.17) is 32.7 Å². The van der Waals surface area contributed by atoms with E-state index in [0.717, 1.165) is 12.8 Å². The summed E-state index contributed by atoms with van der Waals surface area (Å²) in [6.45, 7) is 0.659. The molecule has 1 aromatic carbocycles. The monoisotopic (exact) mass is 319 g/mol. The fraction of sp³-hybridized carbons (Fsp3) is 0.571. The summed E-state index contributed by atoms with van der Waals surface area (Å²) in [6.07, 6.45) is 1.74. The Hall–Kier alpha value is -0.520. The Labute approximate surface area is 129 Å². The molecule has 0 saturated heterocycles. The van der Waals surface area contributed by atoms with E-state index in [1.54, 1.807) is 25.3 Å². The topological polar surface area (TPSA) is 50.7 Å². The van der Waals surface area contributed by atoms with Gasteiger partial charge in [0, 0.05) is 30.8 Å². The zero-order valence-electron chi connectivity index (χ0n) is 11.3. The van der Waals surface area contributed by atoms with Gasteiger partial charge in [-0.3, -0.25) is 0 Å². The second-order valence-electron chi connectivity index (χ2n) is 4.97. The van der Waals surface area contributed by atoms with E-state index < -0.39 is 6.10 Å². The van der Waals surface area contributed by atoms with E-state index in [1.807, 2.05) is 0 Å². The van der Waals surface area contributed by atoms with Gasteiger partial charge in [0.05, 0.1) is 11.1 Å². The smallest absolute Gasteiger partial charge is 0.139 e. The van der Waals surface area contributed by atoms with Crippen molar-refractivity contribution in [3.8, 4) is 5.75 Å². The number of hydrogen-bond acceptors (Lipinski definition) is 4. The highest BCUT2D eigenvalue weighted by molar-refractivity contribution is 6.34. The fourth-order valence-corrected chi connectivity index (χ4v) is 2.39. The molecule has 0 radical (unpaired) electrons. The fourth-order valence-electron chi connectivity index (χ4n) is 2.06. The third-order valence-corrected chi connectivity index (χ3v) is 3.94. The molecule has 6 heteroatoms. The first-order valence-electron chi connectivity index (χ1n) is 6.60. The summed E-state index contributed by atoms with van der Waals surface area (Å²) in [5.41, 5.74) is 0. The van der Waals surface area contributed by atoms with Gasteiger partial charge in [-0.1, -0.05) is 23.2 Å². The Kier molecular flexibility index (Phi) is 5.93. The molecule has 1 fully saturated rings. The average molecular weight is 320 g/mol. The highest BCUT2D eigenvalue weighted by Crippen LogP contribution is 2.27. The number of methoxy groups -OCH3 is 1. The van der Waals surface area contributed by atoms with Gasteiger partial charge in [-0.25, -0.2) is 0 Å². The number of aliphatic hydroxyl groups is 1. The van der Waals surface area contributed by atoms with Gasteiger partial charge in [-0.15, -0.1) is 0 Å². The van der Waals surface area contributed by atoms with Crippen LogP contribution in [0.5, 0.6) is 5.75 Å². The van der Waals surface area contributed by atoms with Crippen LogP contribution in [0, 0.1) is 0 Å². The van der Waals surface area contributed by atoms with Crippen LogP contribution in [0.15, 0.2) is 18.2 Å². The Morgan fingerprint density at radius 2 is 2.15 bits per heavy atom. The van der Waals surface area contributed by atoms with Gasteiger partial charge in [0.1, 0.15) is 18.5 Å². The molecule has 0 bridgehead atoms. The van der Waals surface area contributed by atoms with Crippen LogP contribution in [0.3, 0.4) is 0 Å². The molecule has 0 aliphatic heterocycles. The van der Waals surface area contributed by atoms with Gasteiger partial charge in [0.25, 0.3) is 0 Å². The molecular formula is C14H19Cl2NO3. The number of benzene rings is 1. The van der Waals surface area contributed by atoms with Crippen molar-refractivity contribution in [2.75, 3.05) is 20.3 Å². The van der Waals surface area contributed by atoms with Gasteiger partial charge in [0.15, 0.2) is 0 Å². The van der Waals surface area contributed by atoms with Crippen LogP contribution >= 0.6 is 23.2 Å². The van der Waals surface area contributed by atoms with Crippen molar-refractivity contribution < 1.29 is 14.6 Å². The molecule has 1 atom stereocenters. The molecule has 0 spiro atoms. The van der Waals surface area contributed by atoms with E-state index in [-0.39, 0.29) is 6.61 Å². The number of halogens is 2. The molecule has 0 aromatic heterocycles. The largest absolute Gasteiger partial charge is 0.489 e. The SMILES string of the molecule is COC1CC(NCC(O)COc2cc(Cl)ccc2Cl)C1. The van der Waals surface area contributed by atoms with Crippen molar-refractivity contribution >= 4 is 23.2 Å². The van der Waals surface area contributed by atoms with E-state index in [9.17, 15) is 5.11 Å². The molecule has 112 valence electrons. The molecule has 1 aliphatic rings. The lowest BCUT2D eigenvalue weighted by molar-refractivity contribution is 0.0117. The van der Waals surface area contributed by atoms with Crippen LogP contribution in [-0.2, 0) is 4.74 Å². The molecule has 2 N–H and O–H groups in total. The second-order valence-corrected chi connectivity index (χ2v) is 5.82. The van der Waals surface area contributed by atoms with Crippen molar-refractivity contribution in [2.45, 2.75) is 31.1 Å². The zero-order chi connectivity index (χ0) is 14.5. The normalized spacial score (nSPS) is 23.2. The van der Waals surface area contributed by atoms with E-state index in [1.165, 1.54) is 0 Å². The molecule has 1 aromatic rings. The van der Waals surface area contributed by atoms with Crippen LogP contribution in [-0.4, -0.2) is 43.6 Å². The molecule has 1 saturated carbocycles. The maximum absolute atomic E-state index is 9.87. The second kappa shape index (κ2) is 7.48. The number of aliphatic hydroxyl groups excluding tert-OH is 1. The predicted molar refractivity (Wildman–Crippen MR) is 79.8 cm³/mol. The van der Waals surface area contributed by atoms with Crippen molar-refractivity contribution in [2.24, 2.45) is 0 Å². The molecule has 0 amide bonds. The highest BCUT2D eigenvalue weighted by atomic mass is 35.5. The third kappa shape index (κ3) is 4.50. The van der Waals surface area contributed by atoms with Gasteiger partial charge in [-0.2, -0.15) is 0 Å². The average Bonchev–Trinajstić information content (AvgIpc) is 2.38. The first kappa shape index (κ1) is 15.9. The molecule has 1 aliphatic carbocycles. The van der Waals surface area contributed by atoms with Gasteiger partial charge in [0.2, 0.25) is 0 Å². The quantitative estimate of drug-likeness (QED) is 0.810. The maximum Gasteiger partial charge on any atom is 0.139 e. The standard InChI is InChI=1S/C14H19Cl2NO3/c1-19-12-5-10(6-12)17-7-11(18)8-20-14-4-9(15)2-3-13(14)16/h2-4,10-12,17-18H,5-8H2,1H3. The number of hydrogen-bond donors (Lipinski definition) is 2. The van der Waals surface area contributed by atoms with E-state index >= 15 is 0 Å². The first-order valence-corrected chi connectivity index (χ1v) is 7.36. The summed E-state index contributed by atoms with van der Waals surface area (Å²) in [4.78, 5) is 0. The van der Waals surface area contributed by atoms with Crippen LogP contribution in [0.2, 0.25) is 10.0 Å². The maximum atomic E-state index is 9.87. The summed E-state index contributed by atoms with van der Waals surface area (Å²) in [7, 11) is 1.72. The Morgan fingerprint density at radius 1 is 1.40 bits per heavy atom. The van der Waals surface area contributed by atoms with Gasteiger partial charge >= 0.3 is 0 Å². The summed E-state index contributed by atoms with van der Waals surface area (Å²) < 4.78 is 10.7. The van der Waals surface area contributed by atoms with Crippen LogP contribution < -0.4 is 10.1 Å². The summed E-state index contributed by atoms with van der Waals surface area (Å²) >= 11 is 11.8. The van der Waals surface area contributed by atoms with Crippen LogP contribution in [0.25, 0.3) is 0 Å². The number of nitrogens with one attached hydrogen (secondary N) is 1. The zero-order valence-corrected chi connectivity index (χ0v) is 12.8. The van der Waals surface area contributed by atoms with Crippen LogP contribution in [0.4, 0.5) is 0 Å². The summed E-state index contributed by atoms with van der Waals surface area (Å²) in [5.74, 6) is 0.487. The van der Waals surface area contributed by atoms with Crippen molar-refractivity contribution in [3.63, 3.8) is 0 Å². The van der Waals surface area contributed by atoms with Gasteiger partial charge < -0.3 is 19.9 Å². The Balaban J connectivity index is 1.67. The lowest BCUT2D eigenvalue weighted by Gasteiger charge is -2.35. The Bertz CT molecular complexity index is 438. The summed E-state index contributed by atoms with van der Waals surface area (Å²) in [5, 5.41) is 14.2. The first-order chi connectivity index (χ1) is 9.58. The minimum Gasteiger partial charge on any atom is -0.489 e. The molecule has 4 nitrogen and oxygen atoms in total. The highest BCUT2D eigenvalue weighted by Gasteiger charge is 2.28. The summed E-state index contributed by atoms with van der Waals surface area (Å²) in [6, 6.07) is 5.42. The van der Waals surface area contributed by atoms with E-state index in [0.29, 0.717) is 34.5 Å². The lowest BCUT2D eigenvalue weighted by Crippen LogP contribution is -2.48. The third-order valence-electron chi connectivity index (χ3n) is 3.39. The number of ether oxygens (including phenoxy) is 2. The predicted octanol–water partition coefficient (Wildman–Crippen LogP) is 2.50. The minimum atomic E-state index is -0.591. The molecule has 2 rings (SSSR count). The number of rotatable bonds is 7. The van der Waals surface area contributed by atoms with Crippen molar-refractivity contribution in [1.82, 2.24) is 5.32 Å². The molecule has 20 heavy (non-hydrogen) atoms. The minimum absolute atomic E-state index is 0.174. The van der Waals surface area contributed by atoms with E-state index in [2.05, 4.69) is 5.32 Å².